The number of anilines is 1. The molecule has 1 aromatic carbocycles. The molecule has 0 saturated carbocycles. The fourth-order valence-corrected chi connectivity index (χ4v) is 2.94. The van der Waals surface area contributed by atoms with Gasteiger partial charge >= 0.3 is 5.97 Å². The van der Waals surface area contributed by atoms with Crippen LogP contribution < -0.4 is 5.32 Å². The number of benzene rings is 1. The van der Waals surface area contributed by atoms with Gasteiger partial charge in [0.1, 0.15) is 0 Å². The van der Waals surface area contributed by atoms with E-state index < -0.39 is 5.97 Å². The van der Waals surface area contributed by atoms with Crippen molar-refractivity contribution in [3.63, 3.8) is 0 Å². The van der Waals surface area contributed by atoms with Crippen LogP contribution in [-0.2, 0) is 4.79 Å². The van der Waals surface area contributed by atoms with Crippen LogP contribution in [0.5, 0.6) is 0 Å². The summed E-state index contributed by atoms with van der Waals surface area (Å²) in [5, 5.41) is 12.7. The Kier molecular flexibility index (Phi) is 4.43. The van der Waals surface area contributed by atoms with Gasteiger partial charge in [-0.1, -0.05) is 23.5 Å². The fourth-order valence-electron chi connectivity index (χ4n) is 2.03. The molecule has 0 aliphatic carbocycles. The number of carbonyl (C=O) groups is 1. The van der Waals surface area contributed by atoms with Crippen LogP contribution in [0.25, 0.3) is 16.8 Å². The molecule has 0 radical (unpaired) electrons. The van der Waals surface area contributed by atoms with Crippen LogP contribution in [0.4, 0.5) is 5.13 Å². The second kappa shape index (κ2) is 6.10. The molecule has 21 heavy (non-hydrogen) atoms. The van der Waals surface area contributed by atoms with E-state index in [1.165, 1.54) is 28.5 Å². The monoisotopic (exact) mass is 302 g/mol. The van der Waals surface area contributed by atoms with Gasteiger partial charge in [0.05, 0.1) is 10.6 Å². The van der Waals surface area contributed by atoms with Crippen molar-refractivity contribution in [1.82, 2.24) is 4.98 Å². The second-order valence-corrected chi connectivity index (χ2v) is 5.91. The maximum absolute atomic E-state index is 10.9. The number of carboxylic acid groups (broad SMARTS) is 1. The molecular weight excluding hydrogens is 284 g/mol. The smallest absolute Gasteiger partial charge is 0.328 e. The van der Waals surface area contributed by atoms with Crippen LogP contribution in [0.15, 0.2) is 24.3 Å². The zero-order valence-corrected chi connectivity index (χ0v) is 13.3. The SMILES string of the molecule is CNc1nc(-c2ccc(C)c(C)c2)c(/C(C)=C/C(=O)O)s1. The molecule has 0 saturated heterocycles. The maximum Gasteiger partial charge on any atom is 0.328 e. The molecule has 0 bridgehead atoms. The first-order chi connectivity index (χ1) is 9.92. The number of hydrogen-bond donors (Lipinski definition) is 2. The van der Waals surface area contributed by atoms with Crippen molar-refractivity contribution in [2.45, 2.75) is 20.8 Å². The highest BCUT2D eigenvalue weighted by Gasteiger charge is 2.15. The Balaban J connectivity index is 2.59. The predicted molar refractivity (Wildman–Crippen MR) is 87.9 cm³/mol. The third-order valence-corrected chi connectivity index (χ3v) is 4.53. The van der Waals surface area contributed by atoms with E-state index >= 15 is 0 Å². The fraction of sp³-hybridized carbons (Fsp3) is 0.250. The van der Waals surface area contributed by atoms with E-state index in [4.69, 9.17) is 5.11 Å². The van der Waals surface area contributed by atoms with Crippen LogP contribution in [-0.4, -0.2) is 23.1 Å². The van der Waals surface area contributed by atoms with E-state index in [1.807, 2.05) is 13.1 Å². The lowest BCUT2D eigenvalue weighted by molar-refractivity contribution is -0.131. The summed E-state index contributed by atoms with van der Waals surface area (Å²) < 4.78 is 0. The van der Waals surface area contributed by atoms with Crippen molar-refractivity contribution in [2.75, 3.05) is 12.4 Å². The van der Waals surface area contributed by atoms with Crippen molar-refractivity contribution >= 4 is 28.0 Å². The lowest BCUT2D eigenvalue weighted by atomic mass is 10.0. The number of thiazole rings is 1. The van der Waals surface area contributed by atoms with Gasteiger partial charge < -0.3 is 10.4 Å². The van der Waals surface area contributed by atoms with Crippen molar-refractivity contribution in [2.24, 2.45) is 0 Å². The molecule has 0 unspecified atom stereocenters. The van der Waals surface area contributed by atoms with Crippen LogP contribution in [0, 0.1) is 13.8 Å². The minimum Gasteiger partial charge on any atom is -0.478 e. The number of rotatable bonds is 4. The molecule has 1 heterocycles. The second-order valence-electron chi connectivity index (χ2n) is 4.91. The standard InChI is InChI=1S/C16H18N2O2S/c1-9-5-6-12(7-10(9)2)14-15(11(3)8-13(19)20)21-16(17-4)18-14/h5-8H,1-4H3,(H,17,18)(H,19,20)/b11-8+. The molecule has 5 heteroatoms. The summed E-state index contributed by atoms with van der Waals surface area (Å²) in [6.45, 7) is 5.92. The summed E-state index contributed by atoms with van der Waals surface area (Å²) in [6.07, 6.45) is 1.22. The molecule has 1 aromatic heterocycles. The highest BCUT2D eigenvalue weighted by Crippen LogP contribution is 2.36. The lowest BCUT2D eigenvalue weighted by Gasteiger charge is -2.05. The molecule has 2 rings (SSSR count). The number of hydrogen-bond acceptors (Lipinski definition) is 4. The van der Waals surface area contributed by atoms with E-state index in [2.05, 4.69) is 36.3 Å². The van der Waals surface area contributed by atoms with Crippen LogP contribution in [0.1, 0.15) is 22.9 Å². The van der Waals surface area contributed by atoms with E-state index in [0.29, 0.717) is 5.57 Å². The van der Waals surface area contributed by atoms with Gasteiger partial charge in [-0.2, -0.15) is 0 Å². The van der Waals surface area contributed by atoms with Gasteiger partial charge in [-0.05, 0) is 43.5 Å². The quantitative estimate of drug-likeness (QED) is 0.839. The maximum atomic E-state index is 10.9. The topological polar surface area (TPSA) is 62.2 Å². The van der Waals surface area contributed by atoms with E-state index in [1.54, 1.807) is 6.92 Å². The molecule has 2 aromatic rings. The molecule has 110 valence electrons. The van der Waals surface area contributed by atoms with Crippen molar-refractivity contribution in [3.8, 4) is 11.3 Å². The third-order valence-electron chi connectivity index (χ3n) is 3.32. The number of carboxylic acids is 1. The Morgan fingerprint density at radius 2 is 2.05 bits per heavy atom. The minimum atomic E-state index is -0.946. The predicted octanol–water partition coefficient (Wildman–Crippen LogP) is 3.96. The highest BCUT2D eigenvalue weighted by molar-refractivity contribution is 7.17. The van der Waals surface area contributed by atoms with Crippen LogP contribution in [0.3, 0.4) is 0 Å². The van der Waals surface area contributed by atoms with Gasteiger partial charge in [-0.25, -0.2) is 9.78 Å². The molecule has 2 N–H and O–H groups in total. The molecule has 0 aliphatic rings. The number of aromatic nitrogens is 1. The molecule has 0 amide bonds. The van der Waals surface area contributed by atoms with Gasteiger partial charge in [-0.3, -0.25) is 0 Å². The first kappa shape index (κ1) is 15.3. The molecule has 0 spiro atoms. The van der Waals surface area contributed by atoms with Crippen molar-refractivity contribution in [1.29, 1.82) is 0 Å². The average molecular weight is 302 g/mol. The first-order valence-corrected chi connectivity index (χ1v) is 7.42. The molecule has 0 aliphatic heterocycles. The normalized spacial score (nSPS) is 11.5. The van der Waals surface area contributed by atoms with Gasteiger partial charge in [0.2, 0.25) is 0 Å². The Hall–Kier alpha value is -2.14. The average Bonchev–Trinajstić information content (AvgIpc) is 2.85. The molecular formula is C16H18N2O2S. The Labute approximate surface area is 128 Å². The number of aryl methyl sites for hydroxylation is 2. The summed E-state index contributed by atoms with van der Waals surface area (Å²) in [4.78, 5) is 16.3. The Morgan fingerprint density at radius 3 is 2.62 bits per heavy atom. The zero-order valence-electron chi connectivity index (χ0n) is 12.5. The highest BCUT2D eigenvalue weighted by atomic mass is 32.1. The summed E-state index contributed by atoms with van der Waals surface area (Å²) in [7, 11) is 1.81. The van der Waals surface area contributed by atoms with Crippen molar-refractivity contribution in [3.05, 3.63) is 40.3 Å². The molecule has 4 nitrogen and oxygen atoms in total. The Bertz CT molecular complexity index is 717. The first-order valence-electron chi connectivity index (χ1n) is 6.60. The number of allylic oxidation sites excluding steroid dienone is 1. The summed E-state index contributed by atoms with van der Waals surface area (Å²) in [5.41, 5.74) is 4.95. The summed E-state index contributed by atoms with van der Waals surface area (Å²) in [6, 6.07) is 6.17. The molecule has 0 fully saturated rings. The van der Waals surface area contributed by atoms with E-state index in [0.717, 1.165) is 21.3 Å². The zero-order chi connectivity index (χ0) is 15.6. The van der Waals surface area contributed by atoms with Gasteiger partial charge in [0.15, 0.2) is 5.13 Å². The minimum absolute atomic E-state index is 0.703. The number of nitrogens with zero attached hydrogens (tertiary/aromatic N) is 1. The van der Waals surface area contributed by atoms with Gasteiger partial charge in [0, 0.05) is 18.7 Å². The summed E-state index contributed by atoms with van der Waals surface area (Å²) >= 11 is 1.46. The van der Waals surface area contributed by atoms with Gasteiger partial charge in [-0.15, -0.1) is 0 Å². The lowest BCUT2D eigenvalue weighted by Crippen LogP contribution is -1.91. The van der Waals surface area contributed by atoms with Crippen LogP contribution in [0.2, 0.25) is 0 Å². The van der Waals surface area contributed by atoms with E-state index in [-0.39, 0.29) is 0 Å². The third kappa shape index (κ3) is 3.31. The van der Waals surface area contributed by atoms with Crippen LogP contribution >= 0.6 is 11.3 Å². The Morgan fingerprint density at radius 1 is 1.33 bits per heavy atom. The van der Waals surface area contributed by atoms with Gasteiger partial charge in [0.25, 0.3) is 0 Å². The molecule has 0 atom stereocenters. The summed E-state index contributed by atoms with van der Waals surface area (Å²) in [5.74, 6) is -0.946. The number of aliphatic carboxylic acids is 1. The van der Waals surface area contributed by atoms with E-state index in [9.17, 15) is 4.79 Å². The number of nitrogens with one attached hydrogen (secondary N) is 1. The van der Waals surface area contributed by atoms with Crippen molar-refractivity contribution < 1.29 is 9.90 Å². The largest absolute Gasteiger partial charge is 0.478 e.